The average molecular weight is 262 g/mol. The molecule has 4 heteroatoms. The summed E-state index contributed by atoms with van der Waals surface area (Å²) in [7, 11) is 2.93. The van der Waals surface area contributed by atoms with Crippen LogP contribution in [0.15, 0.2) is 24.3 Å². The number of esters is 1. The van der Waals surface area contributed by atoms with Gasteiger partial charge in [-0.3, -0.25) is 9.59 Å². The number of hydrogen-bond donors (Lipinski definition) is 0. The van der Waals surface area contributed by atoms with Crippen LogP contribution in [0.2, 0.25) is 0 Å². The molecule has 1 saturated carbocycles. The molecule has 0 radical (unpaired) electrons. The van der Waals surface area contributed by atoms with Gasteiger partial charge in [-0.1, -0.05) is 12.1 Å². The summed E-state index contributed by atoms with van der Waals surface area (Å²) in [5.41, 5.74) is -0.0174. The molecule has 0 aliphatic heterocycles. The number of ketones is 1. The molecule has 0 aromatic heterocycles. The van der Waals surface area contributed by atoms with Gasteiger partial charge in [-0.25, -0.2) is 0 Å². The van der Waals surface area contributed by atoms with E-state index in [-0.39, 0.29) is 11.7 Å². The van der Waals surface area contributed by atoms with Gasteiger partial charge in [0.1, 0.15) is 16.9 Å². The number of ether oxygens (including phenoxy) is 2. The van der Waals surface area contributed by atoms with E-state index in [1.807, 2.05) is 24.3 Å². The van der Waals surface area contributed by atoms with Gasteiger partial charge in [-0.05, 0) is 37.5 Å². The third-order valence-electron chi connectivity index (χ3n) is 4.12. The number of rotatable bonds is 4. The lowest BCUT2D eigenvalue weighted by atomic mass is 9.56. The normalized spacial score (nSPS) is 25.3. The van der Waals surface area contributed by atoms with Crippen LogP contribution >= 0.6 is 0 Å². The van der Waals surface area contributed by atoms with Crippen molar-refractivity contribution in [2.24, 2.45) is 5.41 Å². The first-order valence-corrected chi connectivity index (χ1v) is 6.29. The first kappa shape index (κ1) is 13.6. The smallest absolute Gasteiger partial charge is 0.319 e. The molecule has 1 aromatic rings. The molecule has 0 amide bonds. The summed E-state index contributed by atoms with van der Waals surface area (Å²) in [6.45, 7) is 1.46. The first-order valence-electron chi connectivity index (χ1n) is 6.29. The molecule has 0 N–H and O–H groups in total. The molecule has 2 atom stereocenters. The summed E-state index contributed by atoms with van der Waals surface area (Å²) in [4.78, 5) is 23.9. The number of hydrogen-bond acceptors (Lipinski definition) is 4. The third kappa shape index (κ3) is 2.01. The van der Waals surface area contributed by atoms with E-state index in [2.05, 4.69) is 0 Å². The maximum atomic E-state index is 12.0. The fraction of sp³-hybridized carbons (Fsp3) is 0.467. The number of Topliss-reactive ketones (excluding diaryl/α,β-unsaturated/α-hetero) is 1. The quantitative estimate of drug-likeness (QED) is 0.617. The SMILES string of the molecule is COC(=O)C1(C(C)=O)CC[C@@H]1c1ccc(OC)cc1. The van der Waals surface area contributed by atoms with Gasteiger partial charge in [0.05, 0.1) is 14.2 Å². The summed E-state index contributed by atoms with van der Waals surface area (Å²) >= 11 is 0. The molecule has 102 valence electrons. The van der Waals surface area contributed by atoms with Crippen molar-refractivity contribution < 1.29 is 19.1 Å². The monoisotopic (exact) mass is 262 g/mol. The van der Waals surface area contributed by atoms with Gasteiger partial charge >= 0.3 is 5.97 Å². The van der Waals surface area contributed by atoms with Crippen molar-refractivity contribution in [1.82, 2.24) is 0 Å². The summed E-state index contributed by atoms with van der Waals surface area (Å²) < 4.78 is 9.94. The van der Waals surface area contributed by atoms with Crippen LogP contribution in [0, 0.1) is 5.41 Å². The number of carbonyl (C=O) groups excluding carboxylic acids is 2. The Morgan fingerprint density at radius 3 is 2.21 bits per heavy atom. The Balaban J connectivity index is 2.33. The van der Waals surface area contributed by atoms with Crippen LogP contribution in [0.1, 0.15) is 31.2 Å². The Bertz CT molecular complexity index is 491. The maximum absolute atomic E-state index is 12.0. The van der Waals surface area contributed by atoms with E-state index in [0.29, 0.717) is 6.42 Å². The van der Waals surface area contributed by atoms with Crippen LogP contribution in [-0.2, 0) is 14.3 Å². The second-order valence-electron chi connectivity index (χ2n) is 4.88. The Labute approximate surface area is 112 Å². The first-order chi connectivity index (χ1) is 9.06. The second kappa shape index (κ2) is 5.03. The van der Waals surface area contributed by atoms with Crippen molar-refractivity contribution in [3.05, 3.63) is 29.8 Å². The van der Waals surface area contributed by atoms with Gasteiger partial charge in [0, 0.05) is 5.92 Å². The minimum atomic E-state index is -0.997. The van der Waals surface area contributed by atoms with Gasteiger partial charge < -0.3 is 9.47 Å². The fourth-order valence-electron chi connectivity index (χ4n) is 2.86. The minimum Gasteiger partial charge on any atom is -0.497 e. The highest BCUT2D eigenvalue weighted by Gasteiger charge is 2.57. The Morgan fingerprint density at radius 1 is 1.21 bits per heavy atom. The highest BCUT2D eigenvalue weighted by Crippen LogP contribution is 2.54. The lowest BCUT2D eigenvalue weighted by Crippen LogP contribution is -2.51. The molecule has 2 rings (SSSR count). The zero-order valence-electron chi connectivity index (χ0n) is 11.4. The molecule has 1 unspecified atom stereocenters. The summed E-state index contributed by atoms with van der Waals surface area (Å²) in [5.74, 6) is 0.122. The fourth-order valence-corrected chi connectivity index (χ4v) is 2.86. The lowest BCUT2D eigenvalue weighted by molar-refractivity contribution is -0.165. The standard InChI is InChI=1S/C15H18O4/c1-10(16)15(14(17)19-3)9-8-13(15)11-4-6-12(18-2)7-5-11/h4-7,13H,8-9H2,1-3H3/t13-,15?/m1/s1. The Kier molecular flexibility index (Phi) is 3.60. The molecule has 0 spiro atoms. The predicted molar refractivity (Wildman–Crippen MR) is 70.1 cm³/mol. The predicted octanol–water partition coefficient (Wildman–Crippen LogP) is 2.32. The Morgan fingerprint density at radius 2 is 1.84 bits per heavy atom. The van der Waals surface area contributed by atoms with Crippen LogP contribution < -0.4 is 4.74 Å². The number of methoxy groups -OCH3 is 2. The van der Waals surface area contributed by atoms with Gasteiger partial charge in [0.25, 0.3) is 0 Å². The molecule has 1 aromatic carbocycles. The molecule has 0 saturated heterocycles. The molecule has 4 nitrogen and oxygen atoms in total. The Hall–Kier alpha value is -1.84. The van der Waals surface area contributed by atoms with Gasteiger partial charge in [0.2, 0.25) is 0 Å². The largest absolute Gasteiger partial charge is 0.497 e. The molecular formula is C15H18O4. The van der Waals surface area contributed by atoms with Crippen LogP contribution in [0.25, 0.3) is 0 Å². The van der Waals surface area contributed by atoms with Crippen molar-refractivity contribution in [2.75, 3.05) is 14.2 Å². The van der Waals surface area contributed by atoms with Crippen LogP contribution in [-0.4, -0.2) is 26.0 Å². The lowest BCUT2D eigenvalue weighted by Gasteiger charge is -2.45. The molecule has 0 heterocycles. The van der Waals surface area contributed by atoms with Crippen molar-refractivity contribution in [2.45, 2.75) is 25.7 Å². The van der Waals surface area contributed by atoms with Crippen molar-refractivity contribution in [1.29, 1.82) is 0 Å². The minimum absolute atomic E-state index is 0.0941. The van der Waals surface area contributed by atoms with Crippen molar-refractivity contribution in [3.8, 4) is 5.75 Å². The number of carbonyl (C=O) groups is 2. The molecule has 0 bridgehead atoms. The molecule has 19 heavy (non-hydrogen) atoms. The molecule has 1 aliphatic rings. The maximum Gasteiger partial charge on any atom is 0.319 e. The van der Waals surface area contributed by atoms with E-state index in [9.17, 15) is 9.59 Å². The highest BCUT2D eigenvalue weighted by atomic mass is 16.5. The van der Waals surface area contributed by atoms with Crippen LogP contribution in [0.4, 0.5) is 0 Å². The molecule has 1 fully saturated rings. The summed E-state index contributed by atoms with van der Waals surface area (Å²) in [6, 6.07) is 7.50. The summed E-state index contributed by atoms with van der Waals surface area (Å²) in [5, 5.41) is 0. The van der Waals surface area contributed by atoms with Crippen LogP contribution in [0.3, 0.4) is 0 Å². The van der Waals surface area contributed by atoms with Crippen LogP contribution in [0.5, 0.6) is 5.75 Å². The van der Waals surface area contributed by atoms with E-state index in [1.54, 1.807) is 7.11 Å². The molecule has 1 aliphatic carbocycles. The van der Waals surface area contributed by atoms with Gasteiger partial charge in [0.15, 0.2) is 0 Å². The number of benzene rings is 1. The van der Waals surface area contributed by atoms with E-state index < -0.39 is 11.4 Å². The average Bonchev–Trinajstić information content (AvgIpc) is 2.38. The van der Waals surface area contributed by atoms with E-state index >= 15 is 0 Å². The molecular weight excluding hydrogens is 244 g/mol. The third-order valence-corrected chi connectivity index (χ3v) is 4.12. The van der Waals surface area contributed by atoms with Gasteiger partial charge in [-0.15, -0.1) is 0 Å². The van der Waals surface area contributed by atoms with E-state index in [4.69, 9.17) is 9.47 Å². The summed E-state index contributed by atoms with van der Waals surface area (Å²) in [6.07, 6.45) is 1.38. The zero-order chi connectivity index (χ0) is 14.0. The van der Waals surface area contributed by atoms with E-state index in [0.717, 1.165) is 17.7 Å². The second-order valence-corrected chi connectivity index (χ2v) is 4.88. The van der Waals surface area contributed by atoms with Crippen molar-refractivity contribution >= 4 is 11.8 Å². The van der Waals surface area contributed by atoms with E-state index in [1.165, 1.54) is 14.0 Å². The van der Waals surface area contributed by atoms with Gasteiger partial charge in [-0.2, -0.15) is 0 Å². The van der Waals surface area contributed by atoms with Crippen molar-refractivity contribution in [3.63, 3.8) is 0 Å². The zero-order valence-corrected chi connectivity index (χ0v) is 11.4. The highest BCUT2D eigenvalue weighted by molar-refractivity contribution is 6.05. The topological polar surface area (TPSA) is 52.6 Å².